The minimum Gasteiger partial charge on any atom is -0.388 e. The van der Waals surface area contributed by atoms with E-state index >= 15 is 0 Å². The van der Waals surface area contributed by atoms with Crippen molar-refractivity contribution in [3.63, 3.8) is 0 Å². The van der Waals surface area contributed by atoms with Crippen LogP contribution in [-0.2, 0) is 11.3 Å². The van der Waals surface area contributed by atoms with E-state index < -0.39 is 6.10 Å². The Balaban J connectivity index is 2.09. The molecule has 0 radical (unpaired) electrons. The number of amides is 1. The quantitative estimate of drug-likeness (QED) is 0.890. The lowest BCUT2D eigenvalue weighted by atomic mass is 9.89. The predicted octanol–water partition coefficient (Wildman–Crippen LogP) is 0.903. The molecule has 1 aliphatic rings. The average molecular weight is 281 g/mol. The van der Waals surface area contributed by atoms with Gasteiger partial charge in [0, 0.05) is 26.9 Å². The van der Waals surface area contributed by atoms with Gasteiger partial charge in [0.25, 0.3) is 5.91 Å². The molecule has 1 fully saturated rings. The molecule has 0 spiro atoms. The van der Waals surface area contributed by atoms with Gasteiger partial charge in [0.2, 0.25) is 0 Å². The lowest BCUT2D eigenvalue weighted by Gasteiger charge is -2.39. The summed E-state index contributed by atoms with van der Waals surface area (Å²) < 4.78 is 7.00. The van der Waals surface area contributed by atoms with Crippen LogP contribution in [0, 0.1) is 0 Å². The molecule has 1 aromatic heterocycles. The molecule has 1 amide bonds. The summed E-state index contributed by atoms with van der Waals surface area (Å²) in [6.07, 6.45) is 5.07. The van der Waals surface area contributed by atoms with E-state index in [1.807, 2.05) is 6.92 Å². The molecule has 0 aromatic carbocycles. The molecule has 0 aliphatic heterocycles. The van der Waals surface area contributed by atoms with E-state index in [1.54, 1.807) is 36.1 Å². The second-order valence-corrected chi connectivity index (χ2v) is 5.26. The van der Waals surface area contributed by atoms with Gasteiger partial charge >= 0.3 is 0 Å². The van der Waals surface area contributed by atoms with Gasteiger partial charge in [0.05, 0.1) is 23.9 Å². The molecule has 1 N–H and O–H groups in total. The maximum absolute atomic E-state index is 12.4. The number of hydrogen-bond donors (Lipinski definition) is 1. The fraction of sp³-hybridized carbons (Fsp3) is 0.714. The van der Waals surface area contributed by atoms with Gasteiger partial charge in [-0.15, -0.1) is 0 Å². The Bertz CT molecular complexity index is 460. The molecular weight excluding hydrogens is 258 g/mol. The van der Waals surface area contributed by atoms with Crippen molar-refractivity contribution in [1.82, 2.24) is 14.7 Å². The Morgan fingerprint density at radius 3 is 2.95 bits per heavy atom. The number of aliphatic hydroxyl groups is 1. The van der Waals surface area contributed by atoms with E-state index in [0.717, 1.165) is 25.8 Å². The highest BCUT2D eigenvalue weighted by atomic mass is 16.5. The first kappa shape index (κ1) is 15.0. The van der Waals surface area contributed by atoms with Gasteiger partial charge in [-0.05, 0) is 26.2 Å². The van der Waals surface area contributed by atoms with Crippen LogP contribution in [0.1, 0.15) is 36.5 Å². The van der Waals surface area contributed by atoms with Crippen molar-refractivity contribution in [2.75, 3.05) is 14.2 Å². The number of carbonyl (C=O) groups excluding carboxylic acids is 1. The van der Waals surface area contributed by atoms with E-state index in [-0.39, 0.29) is 18.1 Å². The van der Waals surface area contributed by atoms with Crippen molar-refractivity contribution >= 4 is 5.91 Å². The third kappa shape index (κ3) is 2.86. The van der Waals surface area contributed by atoms with Crippen LogP contribution in [0.4, 0.5) is 0 Å². The van der Waals surface area contributed by atoms with Crippen LogP contribution in [0.3, 0.4) is 0 Å². The molecule has 1 aliphatic carbocycles. The summed E-state index contributed by atoms with van der Waals surface area (Å²) in [7, 11) is 3.33. The van der Waals surface area contributed by atoms with Crippen LogP contribution in [0.25, 0.3) is 0 Å². The second kappa shape index (κ2) is 6.37. The maximum atomic E-state index is 12.4. The lowest BCUT2D eigenvalue weighted by molar-refractivity contribution is -0.0714. The maximum Gasteiger partial charge on any atom is 0.257 e. The Kier molecular flexibility index (Phi) is 4.77. The van der Waals surface area contributed by atoms with Gasteiger partial charge in [-0.1, -0.05) is 0 Å². The van der Waals surface area contributed by atoms with Crippen molar-refractivity contribution in [1.29, 1.82) is 0 Å². The van der Waals surface area contributed by atoms with E-state index in [0.29, 0.717) is 5.56 Å². The zero-order valence-electron chi connectivity index (χ0n) is 12.3. The molecule has 6 nitrogen and oxygen atoms in total. The van der Waals surface area contributed by atoms with Crippen molar-refractivity contribution in [2.45, 2.75) is 51.0 Å². The third-order valence-electron chi connectivity index (χ3n) is 4.09. The Morgan fingerprint density at radius 1 is 1.60 bits per heavy atom. The SMILES string of the molecule is CCn1cc(C(=O)N(C)[C@@H]2CCC[C@@H](OC)[C@@H]2O)cn1. The first-order valence-electron chi connectivity index (χ1n) is 7.09. The number of aryl methyl sites for hydroxylation is 1. The number of hydrogen-bond acceptors (Lipinski definition) is 4. The molecule has 3 atom stereocenters. The summed E-state index contributed by atoms with van der Waals surface area (Å²) in [5, 5.41) is 14.4. The zero-order valence-corrected chi connectivity index (χ0v) is 12.3. The fourth-order valence-electron chi connectivity index (χ4n) is 2.80. The van der Waals surface area contributed by atoms with Crippen LogP contribution in [0.5, 0.6) is 0 Å². The van der Waals surface area contributed by atoms with Crippen LogP contribution in [-0.4, -0.2) is 58.1 Å². The summed E-state index contributed by atoms with van der Waals surface area (Å²) in [6.45, 7) is 2.70. The monoisotopic (exact) mass is 281 g/mol. The number of aliphatic hydroxyl groups excluding tert-OH is 1. The van der Waals surface area contributed by atoms with Crippen LogP contribution >= 0.6 is 0 Å². The van der Waals surface area contributed by atoms with E-state index in [4.69, 9.17) is 4.74 Å². The van der Waals surface area contributed by atoms with Gasteiger partial charge in [-0.25, -0.2) is 0 Å². The first-order chi connectivity index (χ1) is 9.58. The third-order valence-corrected chi connectivity index (χ3v) is 4.09. The zero-order chi connectivity index (χ0) is 14.7. The molecule has 1 heterocycles. The predicted molar refractivity (Wildman–Crippen MR) is 74.4 cm³/mol. The minimum absolute atomic E-state index is 0.106. The first-order valence-corrected chi connectivity index (χ1v) is 7.09. The molecule has 0 saturated heterocycles. The smallest absolute Gasteiger partial charge is 0.257 e. The number of carbonyl (C=O) groups is 1. The van der Waals surface area contributed by atoms with Crippen molar-refractivity contribution < 1.29 is 14.6 Å². The van der Waals surface area contributed by atoms with Crippen molar-refractivity contribution in [3.8, 4) is 0 Å². The molecule has 6 heteroatoms. The lowest BCUT2D eigenvalue weighted by Crippen LogP contribution is -2.52. The van der Waals surface area contributed by atoms with Crippen molar-refractivity contribution in [3.05, 3.63) is 18.0 Å². The highest BCUT2D eigenvalue weighted by Gasteiger charge is 2.36. The summed E-state index contributed by atoms with van der Waals surface area (Å²) in [5.74, 6) is -0.106. The molecule has 1 saturated carbocycles. The summed E-state index contributed by atoms with van der Waals surface area (Å²) in [4.78, 5) is 14.1. The molecular formula is C14H23N3O3. The Hall–Kier alpha value is -1.40. The molecule has 0 bridgehead atoms. The van der Waals surface area contributed by atoms with E-state index in [1.165, 1.54) is 0 Å². The van der Waals surface area contributed by atoms with Crippen LogP contribution in [0.2, 0.25) is 0 Å². The highest BCUT2D eigenvalue weighted by molar-refractivity contribution is 5.93. The largest absolute Gasteiger partial charge is 0.388 e. The standard InChI is InChI=1S/C14H23N3O3/c1-4-17-9-10(8-15-17)14(19)16(2)11-6-5-7-12(20-3)13(11)18/h8-9,11-13,18H,4-7H2,1-3H3/t11-,12-,13-/m1/s1. The number of aromatic nitrogens is 2. The number of ether oxygens (including phenoxy) is 1. The second-order valence-electron chi connectivity index (χ2n) is 5.26. The minimum atomic E-state index is -0.635. The molecule has 112 valence electrons. The summed E-state index contributed by atoms with van der Waals surface area (Å²) in [6, 6.07) is -0.203. The molecule has 2 rings (SSSR count). The number of likely N-dealkylation sites (N-methyl/N-ethyl adjacent to an activating group) is 1. The number of methoxy groups -OCH3 is 1. The van der Waals surface area contributed by atoms with Crippen LogP contribution in [0.15, 0.2) is 12.4 Å². The van der Waals surface area contributed by atoms with Gasteiger partial charge in [-0.3, -0.25) is 9.48 Å². The summed E-state index contributed by atoms with van der Waals surface area (Å²) >= 11 is 0. The van der Waals surface area contributed by atoms with Gasteiger partial charge in [0.15, 0.2) is 0 Å². The Morgan fingerprint density at radius 2 is 2.35 bits per heavy atom. The van der Waals surface area contributed by atoms with Gasteiger partial charge < -0.3 is 14.7 Å². The van der Waals surface area contributed by atoms with Crippen LogP contribution < -0.4 is 0 Å². The molecule has 1 aromatic rings. The molecule has 0 unspecified atom stereocenters. The van der Waals surface area contributed by atoms with E-state index in [9.17, 15) is 9.90 Å². The number of rotatable bonds is 4. The highest BCUT2D eigenvalue weighted by Crippen LogP contribution is 2.25. The topological polar surface area (TPSA) is 67.6 Å². The normalized spacial score (nSPS) is 26.5. The Labute approximate surface area is 119 Å². The fourth-order valence-corrected chi connectivity index (χ4v) is 2.80. The average Bonchev–Trinajstić information content (AvgIpc) is 2.95. The number of nitrogens with zero attached hydrogens (tertiary/aromatic N) is 3. The van der Waals surface area contributed by atoms with Gasteiger partial charge in [-0.2, -0.15) is 5.10 Å². The summed E-state index contributed by atoms with van der Waals surface area (Å²) in [5.41, 5.74) is 0.557. The van der Waals surface area contributed by atoms with Crippen molar-refractivity contribution in [2.24, 2.45) is 0 Å². The molecule has 20 heavy (non-hydrogen) atoms. The van der Waals surface area contributed by atoms with Gasteiger partial charge in [0.1, 0.15) is 6.10 Å². The van der Waals surface area contributed by atoms with E-state index in [2.05, 4.69) is 5.10 Å².